The van der Waals surface area contributed by atoms with Crippen molar-refractivity contribution >= 4 is 15.9 Å². The zero-order valence-electron chi connectivity index (χ0n) is 9.96. The van der Waals surface area contributed by atoms with E-state index in [1.54, 1.807) is 0 Å². The SMILES string of the molecule is Fc1cc(Br)cc(F)c1OC1CC2CCC(C2)C1. The molecule has 0 aliphatic heterocycles. The molecule has 0 N–H and O–H groups in total. The lowest BCUT2D eigenvalue weighted by molar-refractivity contribution is 0.109. The maximum absolute atomic E-state index is 13.7. The number of benzene rings is 1. The summed E-state index contributed by atoms with van der Waals surface area (Å²) in [6.45, 7) is 0. The number of hydrogen-bond acceptors (Lipinski definition) is 1. The van der Waals surface area contributed by atoms with E-state index in [0.29, 0.717) is 16.3 Å². The highest BCUT2D eigenvalue weighted by Gasteiger charge is 2.35. The van der Waals surface area contributed by atoms with E-state index in [1.807, 2.05) is 0 Å². The van der Waals surface area contributed by atoms with Crippen molar-refractivity contribution in [2.24, 2.45) is 11.8 Å². The fourth-order valence-corrected chi connectivity index (χ4v) is 3.75. The third-order valence-electron chi connectivity index (χ3n) is 4.09. The van der Waals surface area contributed by atoms with Crippen molar-refractivity contribution in [1.82, 2.24) is 0 Å². The highest BCUT2D eigenvalue weighted by atomic mass is 79.9. The van der Waals surface area contributed by atoms with Gasteiger partial charge < -0.3 is 4.74 Å². The molecule has 2 aliphatic rings. The van der Waals surface area contributed by atoms with Crippen LogP contribution in [0, 0.1) is 23.5 Å². The molecule has 0 amide bonds. The predicted octanol–water partition coefficient (Wildman–Crippen LogP) is 4.68. The maximum atomic E-state index is 13.7. The van der Waals surface area contributed by atoms with E-state index in [9.17, 15) is 8.78 Å². The number of rotatable bonds is 2. The molecule has 0 saturated heterocycles. The minimum absolute atomic E-state index is 0.0265. The Hall–Kier alpha value is -0.640. The predicted molar refractivity (Wildman–Crippen MR) is 68.5 cm³/mol. The Morgan fingerprint density at radius 2 is 1.56 bits per heavy atom. The molecule has 0 radical (unpaired) electrons. The molecule has 1 aromatic carbocycles. The van der Waals surface area contributed by atoms with Crippen molar-refractivity contribution in [3.8, 4) is 5.75 Å². The third kappa shape index (κ3) is 2.40. The van der Waals surface area contributed by atoms with Crippen LogP contribution in [0.25, 0.3) is 0 Å². The average molecular weight is 317 g/mol. The fourth-order valence-electron chi connectivity index (χ4n) is 3.35. The normalized spacial score (nSPS) is 30.5. The number of halogens is 3. The van der Waals surface area contributed by atoms with E-state index in [1.165, 1.54) is 31.4 Å². The summed E-state index contributed by atoms with van der Waals surface area (Å²) in [6.07, 6.45) is 5.61. The van der Waals surface area contributed by atoms with E-state index < -0.39 is 11.6 Å². The molecule has 4 heteroatoms. The molecule has 98 valence electrons. The lowest BCUT2D eigenvalue weighted by Crippen LogP contribution is -2.26. The summed E-state index contributed by atoms with van der Waals surface area (Å²) in [7, 11) is 0. The Balaban J connectivity index is 1.77. The van der Waals surface area contributed by atoms with Gasteiger partial charge in [0, 0.05) is 4.47 Å². The fraction of sp³-hybridized carbons (Fsp3) is 0.571. The Morgan fingerprint density at radius 3 is 2.11 bits per heavy atom. The van der Waals surface area contributed by atoms with E-state index in [-0.39, 0.29) is 11.9 Å². The van der Waals surface area contributed by atoms with Crippen LogP contribution in [0.15, 0.2) is 16.6 Å². The summed E-state index contributed by atoms with van der Waals surface area (Å²) in [4.78, 5) is 0. The molecule has 2 fully saturated rings. The maximum Gasteiger partial charge on any atom is 0.191 e. The number of ether oxygens (including phenoxy) is 1. The molecule has 2 saturated carbocycles. The second-order valence-corrected chi connectivity index (χ2v) is 6.37. The van der Waals surface area contributed by atoms with Crippen LogP contribution in [0.3, 0.4) is 0 Å². The summed E-state index contributed by atoms with van der Waals surface area (Å²) in [5, 5.41) is 0. The van der Waals surface area contributed by atoms with Gasteiger partial charge in [0.1, 0.15) is 0 Å². The van der Waals surface area contributed by atoms with E-state index in [0.717, 1.165) is 12.8 Å². The summed E-state index contributed by atoms with van der Waals surface area (Å²) in [5.41, 5.74) is 0. The van der Waals surface area contributed by atoms with Gasteiger partial charge in [0.25, 0.3) is 0 Å². The minimum Gasteiger partial charge on any atom is -0.484 e. The van der Waals surface area contributed by atoms with Crippen LogP contribution < -0.4 is 4.74 Å². The molecule has 3 rings (SSSR count). The second kappa shape index (κ2) is 4.80. The quantitative estimate of drug-likeness (QED) is 0.769. The Bertz CT molecular complexity index is 428. The largest absolute Gasteiger partial charge is 0.484 e. The van der Waals surface area contributed by atoms with Crippen molar-refractivity contribution in [3.63, 3.8) is 0 Å². The summed E-state index contributed by atoms with van der Waals surface area (Å²) in [5.74, 6) is -0.0882. The lowest BCUT2D eigenvalue weighted by atomic mass is 9.87. The molecule has 1 nitrogen and oxygen atoms in total. The van der Waals surface area contributed by atoms with Gasteiger partial charge in [-0.2, -0.15) is 0 Å². The summed E-state index contributed by atoms with van der Waals surface area (Å²) in [6, 6.07) is 2.49. The van der Waals surface area contributed by atoms with Gasteiger partial charge in [0.15, 0.2) is 17.4 Å². The monoisotopic (exact) mass is 316 g/mol. The van der Waals surface area contributed by atoms with Crippen LogP contribution in [-0.2, 0) is 0 Å². The molecule has 2 atom stereocenters. The lowest BCUT2D eigenvalue weighted by Gasteiger charge is -2.28. The minimum atomic E-state index is -0.625. The van der Waals surface area contributed by atoms with Crippen LogP contribution in [0.5, 0.6) is 5.75 Å². The van der Waals surface area contributed by atoms with Crippen LogP contribution in [0.2, 0.25) is 0 Å². The van der Waals surface area contributed by atoms with Gasteiger partial charge in [0.2, 0.25) is 0 Å². The van der Waals surface area contributed by atoms with Crippen LogP contribution in [0.1, 0.15) is 32.1 Å². The van der Waals surface area contributed by atoms with Gasteiger partial charge in [-0.05, 0) is 43.2 Å². The molecule has 2 bridgehead atoms. The van der Waals surface area contributed by atoms with Crippen molar-refractivity contribution < 1.29 is 13.5 Å². The first kappa shape index (κ1) is 12.4. The average Bonchev–Trinajstić information content (AvgIpc) is 2.63. The standard InChI is InChI=1S/C14H15BrF2O/c15-10-6-12(16)14(13(17)7-10)18-11-4-8-1-2-9(3-8)5-11/h6-9,11H,1-5H2. The van der Waals surface area contributed by atoms with Gasteiger partial charge in [-0.3, -0.25) is 0 Å². The molecule has 0 aromatic heterocycles. The molecular formula is C14H15BrF2O. The Kier molecular flexibility index (Phi) is 3.31. The highest BCUT2D eigenvalue weighted by molar-refractivity contribution is 9.10. The number of fused-ring (bicyclic) bond motifs is 2. The topological polar surface area (TPSA) is 9.23 Å². The molecular weight excluding hydrogens is 302 g/mol. The van der Waals surface area contributed by atoms with Crippen LogP contribution in [0.4, 0.5) is 8.78 Å². The zero-order chi connectivity index (χ0) is 12.7. The van der Waals surface area contributed by atoms with Gasteiger partial charge in [0.05, 0.1) is 6.10 Å². The van der Waals surface area contributed by atoms with Crippen molar-refractivity contribution in [2.45, 2.75) is 38.2 Å². The molecule has 0 heterocycles. The summed E-state index contributed by atoms with van der Waals surface area (Å²) < 4.78 is 33.3. The third-order valence-corrected chi connectivity index (χ3v) is 4.55. The van der Waals surface area contributed by atoms with Gasteiger partial charge in [-0.1, -0.05) is 28.8 Å². The highest BCUT2D eigenvalue weighted by Crippen LogP contribution is 2.43. The molecule has 1 aromatic rings. The smallest absolute Gasteiger partial charge is 0.191 e. The van der Waals surface area contributed by atoms with Crippen molar-refractivity contribution in [3.05, 3.63) is 28.2 Å². The van der Waals surface area contributed by atoms with E-state index in [4.69, 9.17) is 4.74 Å². The first-order valence-electron chi connectivity index (χ1n) is 6.43. The van der Waals surface area contributed by atoms with Crippen LogP contribution in [-0.4, -0.2) is 6.10 Å². The zero-order valence-corrected chi connectivity index (χ0v) is 11.6. The van der Waals surface area contributed by atoms with Crippen molar-refractivity contribution in [1.29, 1.82) is 0 Å². The molecule has 2 unspecified atom stereocenters. The van der Waals surface area contributed by atoms with Gasteiger partial charge in [-0.25, -0.2) is 8.78 Å². The van der Waals surface area contributed by atoms with Gasteiger partial charge in [-0.15, -0.1) is 0 Å². The van der Waals surface area contributed by atoms with E-state index in [2.05, 4.69) is 15.9 Å². The summed E-state index contributed by atoms with van der Waals surface area (Å²) >= 11 is 3.07. The van der Waals surface area contributed by atoms with Crippen LogP contribution >= 0.6 is 15.9 Å². The Morgan fingerprint density at radius 1 is 1.00 bits per heavy atom. The first-order valence-corrected chi connectivity index (χ1v) is 7.22. The molecule has 0 spiro atoms. The van der Waals surface area contributed by atoms with Gasteiger partial charge >= 0.3 is 0 Å². The van der Waals surface area contributed by atoms with Crippen molar-refractivity contribution in [2.75, 3.05) is 0 Å². The molecule has 2 aliphatic carbocycles. The van der Waals surface area contributed by atoms with E-state index >= 15 is 0 Å². The first-order chi connectivity index (χ1) is 8.61. The second-order valence-electron chi connectivity index (χ2n) is 5.45. The number of hydrogen-bond donors (Lipinski definition) is 0. The molecule has 18 heavy (non-hydrogen) atoms. The Labute approximate surface area is 114 Å².